The van der Waals surface area contributed by atoms with Crippen molar-refractivity contribution in [1.82, 2.24) is 14.3 Å². The molecule has 4 rings (SSSR count). The van der Waals surface area contributed by atoms with Crippen molar-refractivity contribution in [2.24, 2.45) is 0 Å². The largest absolute Gasteiger partial charge is 0.421 e. The van der Waals surface area contributed by atoms with E-state index >= 15 is 0 Å². The van der Waals surface area contributed by atoms with E-state index in [4.69, 9.17) is 0 Å². The lowest BCUT2D eigenvalue weighted by atomic mass is 10.1. The van der Waals surface area contributed by atoms with E-state index in [1.54, 1.807) is 18.2 Å². The molecular weight excluding hydrogens is 449 g/mol. The summed E-state index contributed by atoms with van der Waals surface area (Å²) in [5.41, 5.74) is 0.924. The summed E-state index contributed by atoms with van der Waals surface area (Å²) in [6, 6.07) is 4.52. The summed E-state index contributed by atoms with van der Waals surface area (Å²) < 4.78 is 65.5. The van der Waals surface area contributed by atoms with Crippen LogP contribution in [0.5, 0.6) is 0 Å². The van der Waals surface area contributed by atoms with Gasteiger partial charge in [-0.05, 0) is 36.6 Å². The number of hydrogen-bond acceptors (Lipinski definition) is 7. The van der Waals surface area contributed by atoms with Crippen molar-refractivity contribution < 1.29 is 26.4 Å². The maximum atomic E-state index is 13.5. The summed E-state index contributed by atoms with van der Waals surface area (Å²) >= 11 is 0. The Morgan fingerprint density at radius 1 is 1.28 bits per heavy atom. The third-order valence-corrected chi connectivity index (χ3v) is 6.54. The quantitative estimate of drug-likeness (QED) is 0.615. The molecule has 32 heavy (non-hydrogen) atoms. The van der Waals surface area contributed by atoms with Gasteiger partial charge in [0.25, 0.3) is 0 Å². The van der Waals surface area contributed by atoms with Gasteiger partial charge in [0.05, 0.1) is 12.7 Å². The van der Waals surface area contributed by atoms with Crippen LogP contribution in [0.1, 0.15) is 24.0 Å². The van der Waals surface area contributed by atoms with Crippen molar-refractivity contribution in [3.05, 3.63) is 35.5 Å². The zero-order valence-electron chi connectivity index (χ0n) is 17.0. The van der Waals surface area contributed by atoms with E-state index in [1.807, 2.05) is 0 Å². The van der Waals surface area contributed by atoms with Crippen molar-refractivity contribution in [3.8, 4) is 0 Å². The predicted octanol–water partition coefficient (Wildman–Crippen LogP) is 2.57. The van der Waals surface area contributed by atoms with Gasteiger partial charge in [-0.15, -0.1) is 0 Å². The molecule has 3 heterocycles. The number of fused-ring (bicyclic) bond motifs is 1. The molecule has 2 aliphatic rings. The third kappa shape index (κ3) is 4.93. The number of benzene rings is 1. The Kier molecular flexibility index (Phi) is 5.71. The number of carbonyl (C=O) groups excluding carboxylic acids is 1. The van der Waals surface area contributed by atoms with Crippen LogP contribution in [0.3, 0.4) is 0 Å². The van der Waals surface area contributed by atoms with Gasteiger partial charge >= 0.3 is 6.18 Å². The van der Waals surface area contributed by atoms with Crippen LogP contribution in [0, 0.1) is 0 Å². The van der Waals surface area contributed by atoms with Gasteiger partial charge in [-0.1, -0.05) is 0 Å². The van der Waals surface area contributed by atoms with Gasteiger partial charge in [-0.25, -0.2) is 17.7 Å². The number of hydrogen-bond donors (Lipinski definition) is 3. The molecule has 13 heteroatoms. The number of nitrogens with zero attached hydrogens (tertiary/aromatic N) is 3. The van der Waals surface area contributed by atoms with Gasteiger partial charge < -0.3 is 16.0 Å². The van der Waals surface area contributed by atoms with E-state index in [0.29, 0.717) is 37.0 Å². The van der Waals surface area contributed by atoms with Crippen molar-refractivity contribution in [2.75, 3.05) is 35.3 Å². The number of sulfonamides is 1. The topological polar surface area (TPSA) is 116 Å². The minimum atomic E-state index is -4.69. The number of alkyl halides is 3. The molecule has 0 aliphatic carbocycles. The Morgan fingerprint density at radius 3 is 2.78 bits per heavy atom. The van der Waals surface area contributed by atoms with Crippen molar-refractivity contribution in [3.63, 3.8) is 0 Å². The average Bonchev–Trinajstić information content (AvgIpc) is 3.06. The van der Waals surface area contributed by atoms with Crippen molar-refractivity contribution >= 4 is 39.1 Å². The van der Waals surface area contributed by atoms with Crippen LogP contribution in [0.15, 0.2) is 24.4 Å². The molecule has 0 saturated carbocycles. The summed E-state index contributed by atoms with van der Waals surface area (Å²) in [5, 5.41) is 8.32. The zero-order chi connectivity index (χ0) is 23.1. The zero-order valence-corrected chi connectivity index (χ0v) is 17.8. The molecule has 1 saturated heterocycles. The molecule has 1 aromatic carbocycles. The predicted molar refractivity (Wildman–Crippen MR) is 112 cm³/mol. The maximum absolute atomic E-state index is 13.5. The highest BCUT2D eigenvalue weighted by molar-refractivity contribution is 7.88. The lowest BCUT2D eigenvalue weighted by Gasteiger charge is -2.32. The first-order valence-electron chi connectivity index (χ1n) is 9.85. The van der Waals surface area contributed by atoms with E-state index < -0.39 is 33.6 Å². The highest BCUT2D eigenvalue weighted by atomic mass is 32.2. The number of carbonyl (C=O) groups is 1. The monoisotopic (exact) mass is 470 g/mol. The van der Waals surface area contributed by atoms with Crippen LogP contribution >= 0.6 is 0 Å². The number of piperidine rings is 1. The highest BCUT2D eigenvalue weighted by Crippen LogP contribution is 2.35. The summed E-state index contributed by atoms with van der Waals surface area (Å²) in [7, 11) is -3.45. The molecule has 0 radical (unpaired) electrons. The molecular formula is C19H21F3N6O3S. The highest BCUT2D eigenvalue weighted by Gasteiger charge is 2.36. The first-order valence-corrected chi connectivity index (χ1v) is 11.7. The number of aromatic nitrogens is 2. The second kappa shape index (κ2) is 8.20. The summed E-state index contributed by atoms with van der Waals surface area (Å²) in [4.78, 5) is 19.3. The van der Waals surface area contributed by atoms with Crippen LogP contribution in [0.2, 0.25) is 0 Å². The van der Waals surface area contributed by atoms with Gasteiger partial charge in [0.2, 0.25) is 21.9 Å². The number of rotatable bonds is 5. The molecule has 172 valence electrons. The third-order valence-electron chi connectivity index (χ3n) is 5.27. The van der Waals surface area contributed by atoms with Crippen LogP contribution in [0.25, 0.3) is 0 Å². The Labute approximate surface area is 182 Å². The fourth-order valence-electron chi connectivity index (χ4n) is 3.75. The fourth-order valence-corrected chi connectivity index (χ4v) is 4.66. The van der Waals surface area contributed by atoms with E-state index in [2.05, 4.69) is 25.9 Å². The van der Waals surface area contributed by atoms with Crippen molar-refractivity contribution in [1.29, 1.82) is 0 Å². The smallest absolute Gasteiger partial charge is 0.365 e. The van der Waals surface area contributed by atoms with Gasteiger partial charge in [0, 0.05) is 36.7 Å². The molecule has 0 unspecified atom stereocenters. The van der Waals surface area contributed by atoms with Crippen molar-refractivity contribution in [2.45, 2.75) is 31.5 Å². The Balaban J connectivity index is 1.58. The van der Waals surface area contributed by atoms with Crippen LogP contribution in [0.4, 0.5) is 36.3 Å². The Morgan fingerprint density at radius 2 is 2.06 bits per heavy atom. The summed E-state index contributed by atoms with van der Waals surface area (Å²) in [6.45, 7) is 0.379. The molecule has 1 aromatic heterocycles. The number of anilines is 4. The summed E-state index contributed by atoms with van der Waals surface area (Å²) in [5.74, 6) is -0.619. The normalized spacial score (nSPS) is 19.4. The second-order valence-corrected chi connectivity index (χ2v) is 9.76. The minimum absolute atomic E-state index is 0.0503. The maximum Gasteiger partial charge on any atom is 0.421 e. The van der Waals surface area contributed by atoms with Crippen LogP contribution in [-0.4, -0.2) is 54.0 Å². The summed E-state index contributed by atoms with van der Waals surface area (Å²) in [6.07, 6.45) is -1.70. The second-order valence-electron chi connectivity index (χ2n) is 7.78. The molecule has 1 amide bonds. The minimum Gasteiger partial charge on any atom is -0.365 e. The van der Waals surface area contributed by atoms with E-state index in [0.717, 1.165) is 11.8 Å². The Bertz CT molecular complexity index is 1160. The number of halogens is 3. The first kappa shape index (κ1) is 22.3. The number of amides is 1. The van der Waals surface area contributed by atoms with Gasteiger partial charge in [-0.2, -0.15) is 18.2 Å². The standard InChI is InChI=1S/C19H21F3N6O3S/c1-32(30,31)28-6-2-3-13(10-28)24-17-14(19(20,21)22)9-23-18(27-17)25-12-4-5-15-11(7-12)8-16(29)26-15/h4-5,7,9,13H,2-3,6,8,10H2,1H3,(H,26,29)(H2,23,24,25,27)/t13-/m1/s1. The Hall–Kier alpha value is -2.93. The number of nitrogens with one attached hydrogen (secondary N) is 3. The van der Waals surface area contributed by atoms with Gasteiger partial charge in [0.1, 0.15) is 11.4 Å². The molecule has 3 N–H and O–H groups in total. The molecule has 2 aromatic rings. The lowest BCUT2D eigenvalue weighted by Crippen LogP contribution is -2.45. The molecule has 0 spiro atoms. The van der Waals surface area contributed by atoms with Crippen LogP contribution < -0.4 is 16.0 Å². The average molecular weight is 470 g/mol. The van der Waals surface area contributed by atoms with Gasteiger partial charge in [-0.3, -0.25) is 4.79 Å². The molecule has 9 nitrogen and oxygen atoms in total. The molecule has 2 aliphatic heterocycles. The van der Waals surface area contributed by atoms with Gasteiger partial charge in [0.15, 0.2) is 0 Å². The van der Waals surface area contributed by atoms with Crippen LogP contribution in [-0.2, 0) is 27.4 Å². The van der Waals surface area contributed by atoms with E-state index in [-0.39, 0.29) is 24.8 Å². The lowest BCUT2D eigenvalue weighted by molar-refractivity contribution is -0.137. The fraction of sp³-hybridized carbons (Fsp3) is 0.421. The van der Waals surface area contributed by atoms with E-state index in [9.17, 15) is 26.4 Å². The molecule has 1 atom stereocenters. The molecule has 1 fully saturated rings. The first-order chi connectivity index (χ1) is 15.0. The van der Waals surface area contributed by atoms with E-state index in [1.165, 1.54) is 4.31 Å². The SMILES string of the molecule is CS(=O)(=O)N1CCC[C@@H](Nc2nc(Nc3ccc4c(c3)CC(=O)N4)ncc2C(F)(F)F)C1. The molecule has 0 bridgehead atoms.